The van der Waals surface area contributed by atoms with Crippen LogP contribution in [0.4, 0.5) is 21.9 Å². The highest BCUT2D eigenvalue weighted by atomic mass is 35.5. The van der Waals surface area contributed by atoms with Crippen LogP contribution in [0.1, 0.15) is 42.5 Å². The summed E-state index contributed by atoms with van der Waals surface area (Å²) < 4.78 is 0. The second-order valence-corrected chi connectivity index (χ2v) is 8.83. The number of carbonyl (C=O) groups is 2. The Kier molecular flexibility index (Phi) is 6.88. The van der Waals surface area contributed by atoms with Crippen LogP contribution in [-0.2, 0) is 0 Å². The van der Waals surface area contributed by atoms with Gasteiger partial charge in [0, 0.05) is 42.6 Å². The number of nitrogens with one attached hydrogen (secondary N) is 2. The fourth-order valence-electron chi connectivity index (χ4n) is 4.16. The van der Waals surface area contributed by atoms with E-state index in [0.29, 0.717) is 27.0 Å². The lowest BCUT2D eigenvalue weighted by Crippen LogP contribution is -2.34. The van der Waals surface area contributed by atoms with Crippen LogP contribution in [0, 0.1) is 0 Å². The van der Waals surface area contributed by atoms with Crippen molar-refractivity contribution >= 4 is 52.2 Å². The van der Waals surface area contributed by atoms with E-state index in [0.717, 1.165) is 57.5 Å². The smallest absolute Gasteiger partial charge is 0.323 e. The summed E-state index contributed by atoms with van der Waals surface area (Å²) in [6, 6.07) is 10.0. The number of carbonyl (C=O) groups excluding carboxylic acids is 2. The molecule has 0 bridgehead atoms. The highest BCUT2D eigenvalue weighted by Crippen LogP contribution is 2.30. The summed E-state index contributed by atoms with van der Waals surface area (Å²) in [5.41, 5.74) is 2.61. The number of urea groups is 1. The third-order valence-corrected chi connectivity index (χ3v) is 6.30. The number of hydrogen-bond donors (Lipinski definition) is 2. The molecule has 0 unspecified atom stereocenters. The Morgan fingerprint density at radius 2 is 1.52 bits per heavy atom. The van der Waals surface area contributed by atoms with Crippen molar-refractivity contribution in [1.82, 2.24) is 4.90 Å². The number of hydrogen-bond acceptors (Lipinski definition) is 3. The SMILES string of the molecule is O=C(Nc1ccc(N2CCCCC2)c(C(=O)N2CCCC2)c1)Nc1ccc(Cl)cc1Cl. The van der Waals surface area contributed by atoms with Gasteiger partial charge in [0.1, 0.15) is 0 Å². The molecular formula is C23H26Cl2N4O2. The molecule has 31 heavy (non-hydrogen) atoms. The molecule has 2 fully saturated rings. The second-order valence-electron chi connectivity index (χ2n) is 7.98. The maximum absolute atomic E-state index is 13.3. The molecule has 2 N–H and O–H groups in total. The van der Waals surface area contributed by atoms with E-state index in [1.54, 1.807) is 24.3 Å². The molecule has 0 spiro atoms. The average molecular weight is 461 g/mol. The van der Waals surface area contributed by atoms with Gasteiger partial charge < -0.3 is 20.4 Å². The fraction of sp³-hybridized carbons (Fsp3) is 0.391. The van der Waals surface area contributed by atoms with Gasteiger partial charge in [-0.3, -0.25) is 4.79 Å². The predicted molar refractivity (Wildman–Crippen MR) is 127 cm³/mol. The molecule has 2 aromatic rings. The summed E-state index contributed by atoms with van der Waals surface area (Å²) in [6.45, 7) is 3.46. The van der Waals surface area contributed by atoms with E-state index in [2.05, 4.69) is 15.5 Å². The monoisotopic (exact) mass is 460 g/mol. The van der Waals surface area contributed by atoms with Gasteiger partial charge in [0.25, 0.3) is 5.91 Å². The minimum atomic E-state index is -0.436. The van der Waals surface area contributed by atoms with E-state index in [1.807, 2.05) is 17.0 Å². The highest BCUT2D eigenvalue weighted by Gasteiger charge is 2.25. The Bertz CT molecular complexity index is 970. The minimum Gasteiger partial charge on any atom is -0.371 e. The highest BCUT2D eigenvalue weighted by molar-refractivity contribution is 6.36. The molecule has 0 saturated carbocycles. The van der Waals surface area contributed by atoms with Gasteiger partial charge in [0.15, 0.2) is 0 Å². The molecule has 2 aliphatic heterocycles. The van der Waals surface area contributed by atoms with Crippen LogP contribution in [0.15, 0.2) is 36.4 Å². The molecule has 0 radical (unpaired) electrons. The topological polar surface area (TPSA) is 64.7 Å². The summed E-state index contributed by atoms with van der Waals surface area (Å²) in [7, 11) is 0. The van der Waals surface area contributed by atoms with Gasteiger partial charge in [-0.2, -0.15) is 0 Å². The Labute approximate surface area is 192 Å². The molecule has 164 valence electrons. The van der Waals surface area contributed by atoms with Crippen molar-refractivity contribution in [2.45, 2.75) is 32.1 Å². The summed E-state index contributed by atoms with van der Waals surface area (Å²) in [6.07, 6.45) is 5.54. The third-order valence-electron chi connectivity index (χ3n) is 5.75. The molecule has 2 aromatic carbocycles. The van der Waals surface area contributed by atoms with Crippen molar-refractivity contribution < 1.29 is 9.59 Å². The molecule has 3 amide bonds. The first-order chi connectivity index (χ1) is 15.0. The lowest BCUT2D eigenvalue weighted by molar-refractivity contribution is 0.0793. The van der Waals surface area contributed by atoms with Crippen LogP contribution in [0.3, 0.4) is 0 Å². The number of likely N-dealkylation sites (tertiary alicyclic amines) is 1. The number of anilines is 3. The zero-order valence-corrected chi connectivity index (χ0v) is 18.8. The van der Waals surface area contributed by atoms with E-state index in [-0.39, 0.29) is 5.91 Å². The molecule has 2 heterocycles. The van der Waals surface area contributed by atoms with E-state index < -0.39 is 6.03 Å². The fourth-order valence-corrected chi connectivity index (χ4v) is 4.62. The zero-order chi connectivity index (χ0) is 21.8. The van der Waals surface area contributed by atoms with Crippen LogP contribution in [0.25, 0.3) is 0 Å². The Balaban J connectivity index is 1.55. The molecule has 6 nitrogen and oxygen atoms in total. The normalized spacial score (nSPS) is 16.3. The number of benzene rings is 2. The van der Waals surface area contributed by atoms with E-state index in [9.17, 15) is 9.59 Å². The zero-order valence-electron chi connectivity index (χ0n) is 17.3. The summed E-state index contributed by atoms with van der Waals surface area (Å²) in [5, 5.41) is 6.39. The summed E-state index contributed by atoms with van der Waals surface area (Å²) in [5.74, 6) is 0.0304. The Hall–Kier alpha value is -2.44. The van der Waals surface area contributed by atoms with Gasteiger partial charge in [0.2, 0.25) is 0 Å². The number of rotatable bonds is 4. The van der Waals surface area contributed by atoms with Crippen LogP contribution in [-0.4, -0.2) is 43.0 Å². The molecular weight excluding hydrogens is 435 g/mol. The Morgan fingerprint density at radius 1 is 0.806 bits per heavy atom. The van der Waals surface area contributed by atoms with Crippen molar-refractivity contribution in [2.24, 2.45) is 0 Å². The summed E-state index contributed by atoms with van der Waals surface area (Å²) >= 11 is 12.1. The van der Waals surface area contributed by atoms with E-state index in [4.69, 9.17) is 23.2 Å². The van der Waals surface area contributed by atoms with Crippen LogP contribution < -0.4 is 15.5 Å². The van der Waals surface area contributed by atoms with E-state index in [1.165, 1.54) is 6.42 Å². The van der Waals surface area contributed by atoms with Crippen molar-refractivity contribution in [3.63, 3.8) is 0 Å². The van der Waals surface area contributed by atoms with Crippen molar-refractivity contribution in [2.75, 3.05) is 41.7 Å². The molecule has 0 atom stereocenters. The second kappa shape index (κ2) is 9.79. The maximum atomic E-state index is 13.3. The third kappa shape index (κ3) is 5.25. The first-order valence-electron chi connectivity index (χ1n) is 10.7. The first kappa shape index (κ1) is 21.8. The predicted octanol–water partition coefficient (Wildman–Crippen LogP) is 5.86. The van der Waals surface area contributed by atoms with Crippen molar-refractivity contribution in [3.8, 4) is 0 Å². The van der Waals surface area contributed by atoms with E-state index >= 15 is 0 Å². The quantitative estimate of drug-likeness (QED) is 0.599. The lowest BCUT2D eigenvalue weighted by atomic mass is 10.1. The van der Waals surface area contributed by atoms with Gasteiger partial charge in [-0.15, -0.1) is 0 Å². The van der Waals surface area contributed by atoms with Crippen LogP contribution in [0.2, 0.25) is 10.0 Å². The number of piperidine rings is 1. The lowest BCUT2D eigenvalue weighted by Gasteiger charge is -2.31. The minimum absolute atomic E-state index is 0.0304. The van der Waals surface area contributed by atoms with Gasteiger partial charge in [0.05, 0.1) is 16.3 Å². The van der Waals surface area contributed by atoms with Crippen molar-refractivity contribution in [1.29, 1.82) is 0 Å². The molecule has 0 aliphatic carbocycles. The van der Waals surface area contributed by atoms with Crippen LogP contribution in [0.5, 0.6) is 0 Å². The largest absolute Gasteiger partial charge is 0.371 e. The van der Waals surface area contributed by atoms with Gasteiger partial charge in [-0.05, 0) is 68.5 Å². The number of halogens is 2. The van der Waals surface area contributed by atoms with Gasteiger partial charge in [-0.25, -0.2) is 4.79 Å². The molecule has 8 heteroatoms. The van der Waals surface area contributed by atoms with Crippen LogP contribution >= 0.6 is 23.2 Å². The van der Waals surface area contributed by atoms with Gasteiger partial charge >= 0.3 is 6.03 Å². The Morgan fingerprint density at radius 3 is 2.23 bits per heavy atom. The number of nitrogens with zero attached hydrogens (tertiary/aromatic N) is 2. The molecule has 2 aliphatic rings. The van der Waals surface area contributed by atoms with Gasteiger partial charge in [-0.1, -0.05) is 23.2 Å². The van der Waals surface area contributed by atoms with Crippen molar-refractivity contribution in [3.05, 3.63) is 52.0 Å². The molecule has 2 saturated heterocycles. The first-order valence-corrected chi connectivity index (χ1v) is 11.5. The molecule has 4 rings (SSSR count). The number of amides is 3. The summed E-state index contributed by atoms with van der Waals surface area (Å²) in [4.78, 5) is 30.0. The molecule has 0 aromatic heterocycles. The standard InChI is InChI=1S/C23H26Cl2N4O2/c24-16-6-8-20(19(25)14-16)27-23(31)26-17-7-9-21(28-10-2-1-3-11-28)18(15-17)22(30)29-12-4-5-13-29/h6-9,14-15H,1-5,10-13H2,(H2,26,27,31). The average Bonchev–Trinajstić information content (AvgIpc) is 3.31. The maximum Gasteiger partial charge on any atom is 0.323 e.